The van der Waals surface area contributed by atoms with E-state index < -0.39 is 0 Å². The van der Waals surface area contributed by atoms with Crippen LogP contribution in [0.3, 0.4) is 0 Å². The number of pyridine rings is 1. The summed E-state index contributed by atoms with van der Waals surface area (Å²) in [6.07, 6.45) is 3.64. The Morgan fingerprint density at radius 3 is 2.67 bits per heavy atom. The van der Waals surface area contributed by atoms with Gasteiger partial charge >= 0.3 is 0 Å². The molecular formula is C27H24FN5O2S. The average molecular weight is 502 g/mol. The van der Waals surface area contributed by atoms with Crippen LogP contribution in [0.15, 0.2) is 85.2 Å². The van der Waals surface area contributed by atoms with Gasteiger partial charge in [-0.3, -0.25) is 9.78 Å². The molecule has 1 aliphatic heterocycles. The predicted molar refractivity (Wildman–Crippen MR) is 141 cm³/mol. The van der Waals surface area contributed by atoms with Gasteiger partial charge in [0.15, 0.2) is 5.11 Å². The summed E-state index contributed by atoms with van der Waals surface area (Å²) in [5, 5.41) is 6.75. The van der Waals surface area contributed by atoms with Crippen molar-refractivity contribution in [1.82, 2.24) is 14.9 Å². The molecule has 3 heterocycles. The highest BCUT2D eigenvalue weighted by Gasteiger charge is 2.42. The summed E-state index contributed by atoms with van der Waals surface area (Å²) in [6, 6.07) is 21.0. The SMILES string of the molecule is COc1ccc(N2C(=S)NC(c3ccccn3)C2c2cccn2-c2cccc(F)c2)cc1NC(C)=O. The van der Waals surface area contributed by atoms with Crippen molar-refractivity contribution in [3.63, 3.8) is 0 Å². The van der Waals surface area contributed by atoms with Crippen LogP contribution in [-0.2, 0) is 4.79 Å². The van der Waals surface area contributed by atoms with Gasteiger partial charge in [-0.1, -0.05) is 12.1 Å². The van der Waals surface area contributed by atoms with E-state index in [1.54, 1.807) is 25.4 Å². The van der Waals surface area contributed by atoms with Gasteiger partial charge < -0.3 is 24.8 Å². The highest BCUT2D eigenvalue weighted by atomic mass is 32.1. The molecule has 36 heavy (non-hydrogen) atoms. The lowest BCUT2D eigenvalue weighted by Gasteiger charge is -2.29. The Balaban J connectivity index is 1.66. The molecule has 0 saturated carbocycles. The number of nitrogens with zero attached hydrogens (tertiary/aromatic N) is 3. The van der Waals surface area contributed by atoms with Crippen LogP contribution in [-0.4, -0.2) is 27.7 Å². The third-order valence-corrected chi connectivity index (χ3v) is 6.35. The van der Waals surface area contributed by atoms with Crippen LogP contribution in [0.4, 0.5) is 15.8 Å². The van der Waals surface area contributed by atoms with E-state index in [0.29, 0.717) is 22.2 Å². The maximum atomic E-state index is 14.1. The summed E-state index contributed by atoms with van der Waals surface area (Å²) >= 11 is 5.82. The van der Waals surface area contributed by atoms with Crippen LogP contribution < -0.4 is 20.3 Å². The second-order valence-electron chi connectivity index (χ2n) is 8.35. The fraction of sp³-hybridized carbons (Fsp3) is 0.148. The summed E-state index contributed by atoms with van der Waals surface area (Å²) < 4.78 is 21.5. The molecule has 7 nitrogen and oxygen atoms in total. The number of halogens is 1. The number of amides is 1. The monoisotopic (exact) mass is 501 g/mol. The first-order chi connectivity index (χ1) is 17.5. The largest absolute Gasteiger partial charge is 0.495 e. The molecule has 2 unspecified atom stereocenters. The van der Waals surface area contributed by atoms with E-state index in [4.69, 9.17) is 17.0 Å². The molecule has 1 fully saturated rings. The van der Waals surface area contributed by atoms with Gasteiger partial charge in [0, 0.05) is 36.4 Å². The number of aromatic nitrogens is 2. The van der Waals surface area contributed by atoms with Crippen molar-refractivity contribution < 1.29 is 13.9 Å². The molecule has 2 N–H and O–H groups in total. The first-order valence-electron chi connectivity index (χ1n) is 11.4. The number of hydrogen-bond donors (Lipinski definition) is 2. The Morgan fingerprint density at radius 1 is 1.08 bits per heavy atom. The van der Waals surface area contributed by atoms with Gasteiger partial charge in [0.2, 0.25) is 5.91 Å². The molecule has 5 rings (SSSR count). The molecule has 1 aliphatic rings. The minimum atomic E-state index is -0.329. The van der Waals surface area contributed by atoms with Crippen molar-refractivity contribution in [2.24, 2.45) is 0 Å². The van der Waals surface area contributed by atoms with Crippen molar-refractivity contribution in [2.75, 3.05) is 17.3 Å². The normalized spacial score (nSPS) is 17.1. The van der Waals surface area contributed by atoms with Gasteiger partial charge in [-0.25, -0.2) is 4.39 Å². The third kappa shape index (κ3) is 4.40. The molecule has 0 radical (unpaired) electrons. The number of carbonyl (C=O) groups excluding carboxylic acids is 1. The predicted octanol–water partition coefficient (Wildman–Crippen LogP) is 5.16. The third-order valence-electron chi connectivity index (χ3n) is 6.04. The quantitative estimate of drug-likeness (QED) is 0.356. The Morgan fingerprint density at radius 2 is 1.94 bits per heavy atom. The maximum absolute atomic E-state index is 14.1. The van der Waals surface area contributed by atoms with Crippen molar-refractivity contribution in [2.45, 2.75) is 19.0 Å². The summed E-state index contributed by atoms with van der Waals surface area (Å²) in [5.74, 6) is 0.00362. The van der Waals surface area contributed by atoms with Crippen LogP contribution in [0.5, 0.6) is 5.75 Å². The van der Waals surface area contributed by atoms with E-state index in [2.05, 4.69) is 15.6 Å². The second-order valence-corrected chi connectivity index (χ2v) is 8.73. The fourth-order valence-electron chi connectivity index (χ4n) is 4.56. The van der Waals surface area contributed by atoms with Crippen LogP contribution in [0.1, 0.15) is 30.4 Å². The molecular weight excluding hydrogens is 477 g/mol. The molecule has 0 bridgehead atoms. The van der Waals surface area contributed by atoms with E-state index in [0.717, 1.165) is 17.1 Å². The van der Waals surface area contributed by atoms with E-state index in [9.17, 15) is 9.18 Å². The number of benzene rings is 2. The minimum absolute atomic E-state index is 0.213. The first-order valence-corrected chi connectivity index (χ1v) is 11.8. The van der Waals surface area contributed by atoms with E-state index in [1.807, 2.05) is 64.2 Å². The number of thiocarbonyl (C=S) groups is 1. The lowest BCUT2D eigenvalue weighted by Crippen LogP contribution is -2.30. The van der Waals surface area contributed by atoms with Gasteiger partial charge in [-0.2, -0.15) is 0 Å². The van der Waals surface area contributed by atoms with Gasteiger partial charge in [-0.15, -0.1) is 0 Å². The van der Waals surface area contributed by atoms with Crippen LogP contribution in [0, 0.1) is 5.82 Å². The number of nitrogens with one attached hydrogen (secondary N) is 2. The number of carbonyl (C=O) groups is 1. The number of anilines is 2. The zero-order valence-corrected chi connectivity index (χ0v) is 20.5. The molecule has 1 amide bonds. The molecule has 4 aromatic rings. The molecule has 1 saturated heterocycles. The van der Waals surface area contributed by atoms with Crippen LogP contribution >= 0.6 is 12.2 Å². The summed E-state index contributed by atoms with van der Waals surface area (Å²) in [5.41, 5.74) is 3.69. The average Bonchev–Trinajstić information content (AvgIpc) is 3.48. The summed E-state index contributed by atoms with van der Waals surface area (Å²) in [4.78, 5) is 18.4. The number of rotatable bonds is 6. The second kappa shape index (κ2) is 9.79. The molecule has 9 heteroatoms. The van der Waals surface area contributed by atoms with Crippen molar-refractivity contribution in [3.05, 3.63) is 102 Å². The highest BCUT2D eigenvalue weighted by molar-refractivity contribution is 7.80. The maximum Gasteiger partial charge on any atom is 0.221 e. The number of hydrogen-bond acceptors (Lipinski definition) is 4. The molecule has 0 aliphatic carbocycles. The van der Waals surface area contributed by atoms with E-state index >= 15 is 0 Å². The minimum Gasteiger partial charge on any atom is -0.495 e. The van der Waals surface area contributed by atoms with E-state index in [1.165, 1.54) is 19.1 Å². The van der Waals surface area contributed by atoms with Crippen molar-refractivity contribution in [3.8, 4) is 11.4 Å². The van der Waals surface area contributed by atoms with Crippen molar-refractivity contribution in [1.29, 1.82) is 0 Å². The number of ether oxygens (including phenoxy) is 1. The first kappa shape index (κ1) is 23.5. The topological polar surface area (TPSA) is 71.4 Å². The summed E-state index contributed by atoms with van der Waals surface area (Å²) in [6.45, 7) is 1.44. The molecule has 2 aromatic heterocycles. The Hall–Kier alpha value is -4.24. The molecule has 0 spiro atoms. The lowest BCUT2D eigenvalue weighted by molar-refractivity contribution is -0.114. The van der Waals surface area contributed by atoms with E-state index in [-0.39, 0.29) is 23.8 Å². The fourth-order valence-corrected chi connectivity index (χ4v) is 4.91. The van der Waals surface area contributed by atoms with Crippen LogP contribution in [0.25, 0.3) is 5.69 Å². The standard InChI is InChI=1S/C27H24FN5O2S/c1-17(34)30-22-16-20(11-12-24(22)35-2)33-26(25(31-27(33)36)21-9-3-4-13-29-21)23-10-6-14-32(23)19-8-5-7-18(28)15-19/h3-16,25-26H,1-2H3,(H,30,34)(H,31,36). The number of methoxy groups -OCH3 is 1. The zero-order valence-electron chi connectivity index (χ0n) is 19.7. The zero-order chi connectivity index (χ0) is 25.2. The Kier molecular flexibility index (Phi) is 6.39. The molecule has 2 aromatic carbocycles. The van der Waals surface area contributed by atoms with Crippen LogP contribution in [0.2, 0.25) is 0 Å². The molecule has 2 atom stereocenters. The smallest absolute Gasteiger partial charge is 0.221 e. The lowest BCUT2D eigenvalue weighted by atomic mass is 10.0. The Labute approximate surface area is 213 Å². The Bertz CT molecular complexity index is 1420. The van der Waals surface area contributed by atoms with Gasteiger partial charge in [0.05, 0.1) is 24.5 Å². The van der Waals surface area contributed by atoms with Gasteiger partial charge in [-0.05, 0) is 72.9 Å². The highest BCUT2D eigenvalue weighted by Crippen LogP contribution is 2.43. The van der Waals surface area contributed by atoms with Gasteiger partial charge in [0.25, 0.3) is 0 Å². The van der Waals surface area contributed by atoms with Crippen molar-refractivity contribution >= 4 is 34.6 Å². The van der Waals surface area contributed by atoms with Gasteiger partial charge in [0.1, 0.15) is 17.6 Å². The summed E-state index contributed by atoms with van der Waals surface area (Å²) in [7, 11) is 1.55. The molecule has 182 valence electrons.